The number of amides is 1. The molecule has 2 atom stereocenters. The lowest BCUT2D eigenvalue weighted by molar-refractivity contribution is -0.133. The minimum absolute atomic E-state index is 0.0524. The molecule has 1 aliphatic rings. The van der Waals surface area contributed by atoms with Crippen LogP contribution in [-0.2, 0) is 9.59 Å². The third kappa shape index (κ3) is 10.4. The lowest BCUT2D eigenvalue weighted by Gasteiger charge is -2.24. The molecular weight excluding hydrogens is 469 g/mol. The predicted octanol–water partition coefficient (Wildman–Crippen LogP) is 5.88. The number of nitrogens with zero attached hydrogens (tertiary/aromatic N) is 2. The number of halogens is 2. The van der Waals surface area contributed by atoms with Crippen LogP contribution in [0.5, 0.6) is 0 Å². The molecule has 1 saturated carbocycles. The van der Waals surface area contributed by atoms with Crippen molar-refractivity contribution in [2.45, 2.75) is 79.3 Å². The maximum atomic E-state index is 13.7. The molecule has 1 aromatic rings. The molecule has 1 aliphatic carbocycles. The highest BCUT2D eigenvalue weighted by atomic mass is 35.5. The highest BCUT2D eigenvalue weighted by molar-refractivity contribution is 6.31. The van der Waals surface area contributed by atoms with Crippen LogP contribution >= 0.6 is 11.6 Å². The van der Waals surface area contributed by atoms with Crippen LogP contribution in [0, 0.1) is 19.8 Å². The van der Waals surface area contributed by atoms with Crippen molar-refractivity contribution in [1.82, 2.24) is 4.90 Å². The Labute approximate surface area is 214 Å². The Kier molecular flexibility index (Phi) is 13.6. The van der Waals surface area contributed by atoms with Gasteiger partial charge in [0.15, 0.2) is 0 Å². The summed E-state index contributed by atoms with van der Waals surface area (Å²) < 4.78 is 13.7. The van der Waals surface area contributed by atoms with Crippen molar-refractivity contribution < 1.29 is 19.1 Å². The summed E-state index contributed by atoms with van der Waals surface area (Å²) in [5.74, 6) is -0.814. The lowest BCUT2D eigenvalue weighted by atomic mass is 9.90. The van der Waals surface area contributed by atoms with Gasteiger partial charge in [-0.2, -0.15) is 0 Å². The molecule has 2 unspecified atom stereocenters. The van der Waals surface area contributed by atoms with Gasteiger partial charge in [-0.1, -0.05) is 50.9 Å². The number of aliphatic carboxylic acids is 1. The van der Waals surface area contributed by atoms with Crippen LogP contribution < -0.4 is 5.73 Å². The van der Waals surface area contributed by atoms with E-state index in [1.165, 1.54) is 11.1 Å². The second kappa shape index (κ2) is 15.6. The first-order valence-electron chi connectivity index (χ1n) is 12.4. The molecule has 8 heteroatoms. The summed E-state index contributed by atoms with van der Waals surface area (Å²) in [4.78, 5) is 29.8. The number of nitrogens with two attached hydrogens (primary N) is 1. The van der Waals surface area contributed by atoms with Gasteiger partial charge >= 0.3 is 5.97 Å². The normalized spacial score (nSPS) is 18.9. The number of carboxylic acid groups (broad SMARTS) is 1. The molecular formula is C27H41ClFN3O3. The van der Waals surface area contributed by atoms with Crippen LogP contribution in [0.1, 0.15) is 70.4 Å². The Morgan fingerprint density at radius 3 is 2.51 bits per heavy atom. The fourth-order valence-corrected chi connectivity index (χ4v) is 3.87. The van der Waals surface area contributed by atoms with Crippen LogP contribution in [0.4, 0.5) is 4.39 Å². The number of allylic oxidation sites excluding steroid dienone is 1. The highest BCUT2D eigenvalue weighted by Crippen LogP contribution is 2.25. The summed E-state index contributed by atoms with van der Waals surface area (Å²) in [7, 11) is 0. The molecule has 0 aliphatic heterocycles. The van der Waals surface area contributed by atoms with E-state index in [0.717, 1.165) is 24.3 Å². The van der Waals surface area contributed by atoms with Crippen molar-refractivity contribution in [1.29, 1.82) is 0 Å². The van der Waals surface area contributed by atoms with E-state index in [1.54, 1.807) is 4.90 Å². The standard InChI is InChI=1S/C19H32FN3O3.C8H9Cl/c1-4-9-23(10-8-13(3)5-2)17(24)12-22-16-7-6-14(20)11-15(16)18(21)19(25)26;1-6-4-3-5-8(9)7(6)2/h13-14H,4-12,21H2,1-3H3,(H,25,26);3-5H,1-2H3/b18-15-,22-16?;. The third-order valence-corrected chi connectivity index (χ3v) is 6.81. The molecule has 0 aromatic heterocycles. The van der Waals surface area contributed by atoms with Crippen LogP contribution in [-0.4, -0.2) is 53.4 Å². The van der Waals surface area contributed by atoms with Gasteiger partial charge in [0.2, 0.25) is 5.91 Å². The number of hydrogen-bond acceptors (Lipinski definition) is 4. The monoisotopic (exact) mass is 509 g/mol. The van der Waals surface area contributed by atoms with Crippen molar-refractivity contribution in [3.63, 3.8) is 0 Å². The Balaban J connectivity index is 0.000000566. The Bertz CT molecular complexity index is 897. The second-order valence-electron chi connectivity index (χ2n) is 9.16. The molecule has 0 bridgehead atoms. The van der Waals surface area contributed by atoms with Crippen LogP contribution in [0.2, 0.25) is 5.02 Å². The fourth-order valence-electron chi connectivity index (χ4n) is 3.64. The third-order valence-electron chi connectivity index (χ3n) is 6.40. The molecule has 0 heterocycles. The van der Waals surface area contributed by atoms with Crippen molar-refractivity contribution in [2.24, 2.45) is 16.6 Å². The largest absolute Gasteiger partial charge is 0.477 e. The summed E-state index contributed by atoms with van der Waals surface area (Å²) >= 11 is 5.81. The van der Waals surface area contributed by atoms with Gasteiger partial charge in [0.25, 0.3) is 0 Å². The summed E-state index contributed by atoms with van der Waals surface area (Å²) in [6, 6.07) is 5.93. The van der Waals surface area contributed by atoms with Crippen molar-refractivity contribution in [3.8, 4) is 0 Å². The Morgan fingerprint density at radius 2 is 1.97 bits per heavy atom. The Morgan fingerprint density at radius 1 is 1.29 bits per heavy atom. The zero-order chi connectivity index (χ0) is 26.5. The summed E-state index contributed by atoms with van der Waals surface area (Å²) in [6.45, 7) is 11.7. The molecule has 0 saturated heterocycles. The molecule has 196 valence electrons. The topological polar surface area (TPSA) is 96.0 Å². The number of rotatable bonds is 9. The van der Waals surface area contributed by atoms with Gasteiger partial charge in [0.1, 0.15) is 18.4 Å². The number of carboxylic acids is 1. The smallest absolute Gasteiger partial charge is 0.352 e. The van der Waals surface area contributed by atoms with Crippen LogP contribution in [0.15, 0.2) is 34.5 Å². The van der Waals surface area contributed by atoms with E-state index in [4.69, 9.17) is 22.4 Å². The van der Waals surface area contributed by atoms with E-state index in [0.29, 0.717) is 31.1 Å². The van der Waals surface area contributed by atoms with E-state index in [-0.39, 0.29) is 36.6 Å². The minimum atomic E-state index is -1.28. The average Bonchev–Trinajstić information content (AvgIpc) is 2.83. The van der Waals surface area contributed by atoms with Crippen molar-refractivity contribution >= 4 is 29.2 Å². The average molecular weight is 510 g/mol. The van der Waals surface area contributed by atoms with E-state index in [9.17, 15) is 14.0 Å². The number of benzene rings is 1. The lowest BCUT2D eigenvalue weighted by Crippen LogP contribution is -2.35. The summed E-state index contributed by atoms with van der Waals surface area (Å²) in [5, 5.41) is 9.94. The molecule has 0 radical (unpaired) electrons. The number of aryl methyl sites for hydroxylation is 1. The SMILES string of the molecule is CCCN(CCC(C)CC)C(=O)CN=C1CCC(F)C/C1=C(/N)C(=O)O.Cc1cccc(Cl)c1C. The Hall–Kier alpha value is -2.41. The van der Waals surface area contributed by atoms with Gasteiger partial charge in [0.05, 0.1) is 0 Å². The fraction of sp³-hybridized carbons (Fsp3) is 0.593. The van der Waals surface area contributed by atoms with Gasteiger partial charge in [-0.05, 0) is 62.6 Å². The van der Waals surface area contributed by atoms with Crippen LogP contribution in [0.25, 0.3) is 0 Å². The molecule has 0 spiro atoms. The van der Waals surface area contributed by atoms with E-state index in [1.807, 2.05) is 26.0 Å². The molecule has 35 heavy (non-hydrogen) atoms. The number of aliphatic imine (C=N–C) groups is 1. The second-order valence-corrected chi connectivity index (χ2v) is 9.57. The molecule has 1 fully saturated rings. The van der Waals surface area contributed by atoms with Gasteiger partial charge < -0.3 is 15.7 Å². The zero-order valence-corrected chi connectivity index (χ0v) is 22.5. The van der Waals surface area contributed by atoms with Crippen molar-refractivity contribution in [3.05, 3.63) is 45.6 Å². The first-order valence-corrected chi connectivity index (χ1v) is 12.8. The van der Waals surface area contributed by atoms with Crippen LogP contribution in [0.3, 0.4) is 0 Å². The van der Waals surface area contributed by atoms with E-state index in [2.05, 4.69) is 31.8 Å². The van der Waals surface area contributed by atoms with Gasteiger partial charge in [-0.25, -0.2) is 9.18 Å². The molecule has 6 nitrogen and oxygen atoms in total. The summed E-state index contributed by atoms with van der Waals surface area (Å²) in [5.41, 5.74) is 8.33. The minimum Gasteiger partial charge on any atom is -0.477 e. The first kappa shape index (κ1) is 30.6. The molecule has 2 rings (SSSR count). The van der Waals surface area contributed by atoms with Gasteiger partial charge in [-0.3, -0.25) is 9.79 Å². The first-order chi connectivity index (χ1) is 16.5. The van der Waals surface area contributed by atoms with E-state index < -0.39 is 12.1 Å². The van der Waals surface area contributed by atoms with Gasteiger partial charge in [-0.15, -0.1) is 0 Å². The summed E-state index contributed by atoms with van der Waals surface area (Å²) in [6.07, 6.45) is 2.28. The number of hydrogen-bond donors (Lipinski definition) is 2. The molecule has 1 aromatic carbocycles. The van der Waals surface area contributed by atoms with E-state index >= 15 is 0 Å². The number of carbonyl (C=O) groups excluding carboxylic acids is 1. The highest BCUT2D eigenvalue weighted by Gasteiger charge is 2.26. The molecule has 1 amide bonds. The number of carbonyl (C=O) groups is 2. The maximum absolute atomic E-state index is 13.7. The van der Waals surface area contributed by atoms with Crippen molar-refractivity contribution in [2.75, 3.05) is 19.6 Å². The molecule has 3 N–H and O–H groups in total. The predicted molar refractivity (Wildman–Crippen MR) is 142 cm³/mol. The number of alkyl halides is 1. The maximum Gasteiger partial charge on any atom is 0.352 e. The van der Waals surface area contributed by atoms with Gasteiger partial charge in [0, 0.05) is 35.8 Å². The zero-order valence-electron chi connectivity index (χ0n) is 21.7. The quantitative estimate of drug-likeness (QED) is 0.406.